The van der Waals surface area contributed by atoms with Crippen molar-refractivity contribution in [2.24, 2.45) is 10.4 Å². The number of amidine groups is 1. The first kappa shape index (κ1) is 27.6. The molecular formula is C29H33ClF2N4O3S. The van der Waals surface area contributed by atoms with Gasteiger partial charge < -0.3 is 10.2 Å². The zero-order valence-electron chi connectivity index (χ0n) is 22.5. The third kappa shape index (κ3) is 4.52. The molecule has 3 aliphatic carbocycles. The average molecular weight is 591 g/mol. The number of piperidine rings is 1. The molecule has 1 saturated heterocycles. The molecule has 11 heteroatoms. The van der Waals surface area contributed by atoms with Crippen molar-refractivity contribution in [1.82, 2.24) is 14.5 Å². The molecule has 2 bridgehead atoms. The molecule has 1 N–H and O–H groups in total. The minimum atomic E-state index is -3.79. The highest BCUT2D eigenvalue weighted by Gasteiger charge is 2.75. The molecule has 7 rings (SSSR count). The van der Waals surface area contributed by atoms with Gasteiger partial charge in [-0.25, -0.2) is 17.2 Å². The highest BCUT2D eigenvalue weighted by atomic mass is 35.5. The standard InChI is InChI=1S/C29H33ClF2N4O3S/c1-26(2)23(24(37)35-14-12-29(31,32)13-15-35)33-25(34-26)27-17-28(18-27,19-27)36(16-20-8-10-21(30)11-9-20)40(38,39)22-6-4-3-5-7-22/h3-11,23H,12-19H2,1-2H3,(H,33,34)/t23-,27?,28?/m0/s1. The number of sulfonamides is 1. The van der Waals surface area contributed by atoms with Gasteiger partial charge in [0, 0.05) is 48.5 Å². The molecule has 0 unspecified atom stereocenters. The maximum Gasteiger partial charge on any atom is 0.251 e. The molecule has 214 valence electrons. The Morgan fingerprint density at radius 1 is 1.05 bits per heavy atom. The number of hydrogen-bond donors (Lipinski definition) is 1. The van der Waals surface area contributed by atoms with Crippen molar-refractivity contribution in [1.29, 1.82) is 0 Å². The van der Waals surface area contributed by atoms with Gasteiger partial charge in [0.1, 0.15) is 5.84 Å². The van der Waals surface area contributed by atoms with E-state index >= 15 is 0 Å². The van der Waals surface area contributed by atoms with Gasteiger partial charge >= 0.3 is 0 Å². The predicted octanol–water partition coefficient (Wildman–Crippen LogP) is 4.86. The van der Waals surface area contributed by atoms with E-state index in [4.69, 9.17) is 16.6 Å². The maximum absolute atomic E-state index is 13.9. The van der Waals surface area contributed by atoms with Crippen LogP contribution in [0.15, 0.2) is 64.5 Å². The summed E-state index contributed by atoms with van der Waals surface area (Å²) in [6.07, 6.45) is 1.12. The van der Waals surface area contributed by atoms with Crippen LogP contribution in [0.3, 0.4) is 0 Å². The minimum absolute atomic E-state index is 0.0223. The Morgan fingerprint density at radius 2 is 1.65 bits per heavy atom. The number of halogens is 3. The first-order chi connectivity index (χ1) is 18.8. The molecule has 3 saturated carbocycles. The van der Waals surface area contributed by atoms with E-state index in [0.717, 1.165) is 11.4 Å². The molecule has 2 heterocycles. The summed E-state index contributed by atoms with van der Waals surface area (Å²) >= 11 is 6.07. The minimum Gasteiger partial charge on any atom is -0.366 e. The number of alkyl halides is 2. The highest BCUT2D eigenvalue weighted by molar-refractivity contribution is 7.89. The lowest BCUT2D eigenvalue weighted by Gasteiger charge is -2.73. The van der Waals surface area contributed by atoms with Gasteiger partial charge in [-0.2, -0.15) is 4.31 Å². The molecule has 0 radical (unpaired) electrons. The van der Waals surface area contributed by atoms with Gasteiger partial charge in [0.2, 0.25) is 15.9 Å². The van der Waals surface area contributed by atoms with E-state index in [2.05, 4.69) is 5.32 Å². The molecule has 40 heavy (non-hydrogen) atoms. The van der Waals surface area contributed by atoms with E-state index in [1.165, 1.54) is 4.90 Å². The normalized spacial score (nSPS) is 30.2. The molecule has 7 nitrogen and oxygen atoms in total. The van der Waals surface area contributed by atoms with Crippen LogP contribution in [0.2, 0.25) is 5.02 Å². The molecule has 2 aliphatic heterocycles. The third-order valence-electron chi connectivity index (χ3n) is 9.03. The SMILES string of the molecule is CC1(C)NC(C23CC(N(Cc4ccc(Cl)cc4)S(=O)(=O)c4ccccc4)(C2)C3)=N[C@H]1C(=O)N1CCC(F)(F)CC1. The van der Waals surface area contributed by atoms with Crippen LogP contribution in [0, 0.1) is 5.41 Å². The average Bonchev–Trinajstić information content (AvgIpc) is 3.17. The number of hydrogen-bond acceptors (Lipinski definition) is 5. The van der Waals surface area contributed by atoms with Crippen molar-refractivity contribution in [2.45, 2.75) is 80.4 Å². The quantitative estimate of drug-likeness (QED) is 0.499. The number of amides is 1. The van der Waals surface area contributed by atoms with E-state index in [1.807, 2.05) is 26.0 Å². The number of likely N-dealkylation sites (tertiary alicyclic amines) is 1. The van der Waals surface area contributed by atoms with Crippen LogP contribution in [0.25, 0.3) is 0 Å². The third-order valence-corrected chi connectivity index (χ3v) is 11.2. The first-order valence-corrected chi connectivity index (χ1v) is 15.4. The van der Waals surface area contributed by atoms with Gasteiger partial charge in [0.25, 0.3) is 5.92 Å². The second-order valence-corrected chi connectivity index (χ2v) is 14.7. The fraction of sp³-hybridized carbons (Fsp3) is 0.517. The molecule has 4 fully saturated rings. The lowest BCUT2D eigenvalue weighted by atomic mass is 9.38. The fourth-order valence-electron chi connectivity index (χ4n) is 6.79. The van der Waals surface area contributed by atoms with Gasteiger partial charge in [-0.15, -0.1) is 0 Å². The van der Waals surface area contributed by atoms with Crippen LogP contribution in [0.4, 0.5) is 8.78 Å². The van der Waals surface area contributed by atoms with E-state index in [-0.39, 0.29) is 48.7 Å². The number of benzene rings is 2. The lowest BCUT2D eigenvalue weighted by molar-refractivity contribution is -0.151. The summed E-state index contributed by atoms with van der Waals surface area (Å²) in [6, 6.07) is 14.9. The van der Waals surface area contributed by atoms with Gasteiger partial charge in [0.05, 0.1) is 10.4 Å². The van der Waals surface area contributed by atoms with Crippen molar-refractivity contribution in [2.75, 3.05) is 13.1 Å². The van der Waals surface area contributed by atoms with E-state index in [0.29, 0.717) is 24.3 Å². The Bertz CT molecular complexity index is 1430. The van der Waals surface area contributed by atoms with E-state index in [1.54, 1.807) is 46.8 Å². The number of carbonyl (C=O) groups is 1. The Labute approximate surface area is 238 Å². The lowest BCUT2D eigenvalue weighted by Crippen LogP contribution is -2.78. The summed E-state index contributed by atoms with van der Waals surface area (Å²) in [7, 11) is -3.79. The van der Waals surface area contributed by atoms with Crippen LogP contribution in [0.1, 0.15) is 51.5 Å². The molecule has 2 aromatic carbocycles. The predicted molar refractivity (Wildman–Crippen MR) is 149 cm³/mol. The van der Waals surface area contributed by atoms with Gasteiger partial charge in [-0.3, -0.25) is 9.79 Å². The van der Waals surface area contributed by atoms with Crippen LogP contribution < -0.4 is 5.32 Å². The molecule has 1 amide bonds. The van der Waals surface area contributed by atoms with Crippen LogP contribution in [-0.4, -0.2) is 65.5 Å². The van der Waals surface area contributed by atoms with Gasteiger partial charge in [-0.1, -0.05) is 41.9 Å². The Hall–Kier alpha value is -2.56. The number of nitrogens with zero attached hydrogens (tertiary/aromatic N) is 3. The molecule has 0 aromatic heterocycles. The summed E-state index contributed by atoms with van der Waals surface area (Å²) in [5, 5.41) is 4.04. The van der Waals surface area contributed by atoms with Crippen LogP contribution >= 0.6 is 11.6 Å². The second-order valence-electron chi connectivity index (χ2n) is 12.4. The first-order valence-electron chi connectivity index (χ1n) is 13.6. The van der Waals surface area contributed by atoms with Crippen molar-refractivity contribution >= 4 is 33.4 Å². The summed E-state index contributed by atoms with van der Waals surface area (Å²) in [5.41, 5.74) is -0.707. The summed E-state index contributed by atoms with van der Waals surface area (Å²) in [5.74, 6) is -2.24. The topological polar surface area (TPSA) is 82.1 Å². The molecule has 5 aliphatic rings. The van der Waals surface area contributed by atoms with Crippen molar-refractivity contribution in [3.63, 3.8) is 0 Å². The van der Waals surface area contributed by atoms with Gasteiger partial charge in [0.15, 0.2) is 6.04 Å². The zero-order valence-corrected chi connectivity index (χ0v) is 24.1. The van der Waals surface area contributed by atoms with E-state index < -0.39 is 33.1 Å². The molecule has 0 spiro atoms. The van der Waals surface area contributed by atoms with Crippen LogP contribution in [-0.2, 0) is 21.4 Å². The summed E-state index contributed by atoms with van der Waals surface area (Å²) in [4.78, 5) is 19.9. The van der Waals surface area contributed by atoms with Crippen molar-refractivity contribution in [3.8, 4) is 0 Å². The monoisotopic (exact) mass is 590 g/mol. The smallest absolute Gasteiger partial charge is 0.251 e. The number of aliphatic imine (C=N–C) groups is 1. The summed E-state index contributed by atoms with van der Waals surface area (Å²) < 4.78 is 56.8. The van der Waals surface area contributed by atoms with Crippen molar-refractivity contribution < 1.29 is 22.0 Å². The molecule has 1 atom stereocenters. The van der Waals surface area contributed by atoms with E-state index in [9.17, 15) is 22.0 Å². The zero-order chi connectivity index (χ0) is 28.6. The summed E-state index contributed by atoms with van der Waals surface area (Å²) in [6.45, 7) is 4.07. The number of carbonyl (C=O) groups excluding carboxylic acids is 1. The second kappa shape index (κ2) is 9.22. The van der Waals surface area contributed by atoms with Crippen LogP contribution in [0.5, 0.6) is 0 Å². The molecular weight excluding hydrogens is 558 g/mol. The Kier molecular flexibility index (Phi) is 6.37. The maximum atomic E-state index is 13.9. The van der Waals surface area contributed by atoms with Gasteiger partial charge in [-0.05, 0) is 62.9 Å². The highest BCUT2D eigenvalue weighted by Crippen LogP contribution is 2.71. The Balaban J connectivity index is 1.23. The number of rotatable bonds is 7. The largest absolute Gasteiger partial charge is 0.366 e. The molecule has 2 aromatic rings. The van der Waals surface area contributed by atoms with Crippen molar-refractivity contribution in [3.05, 3.63) is 65.2 Å². The Morgan fingerprint density at radius 3 is 2.25 bits per heavy atom. The fourth-order valence-corrected chi connectivity index (χ4v) is 8.69. The number of nitrogens with one attached hydrogen (secondary N) is 1.